The van der Waals surface area contributed by atoms with E-state index in [2.05, 4.69) is 6.92 Å². The van der Waals surface area contributed by atoms with Crippen LogP contribution < -0.4 is 9.47 Å². The zero-order valence-electron chi connectivity index (χ0n) is 10.1. The minimum atomic E-state index is 0.155. The number of carbonyl (C=O) groups excluding carboxylic acids is 1. The predicted octanol–water partition coefficient (Wildman–Crippen LogP) is 3.08. The van der Waals surface area contributed by atoms with Crippen LogP contribution in [0, 0.1) is 0 Å². The van der Waals surface area contributed by atoms with Crippen LogP contribution in [-0.4, -0.2) is 20.0 Å². The third kappa shape index (κ3) is 2.99. The molecule has 0 radical (unpaired) electrons. The van der Waals surface area contributed by atoms with Gasteiger partial charge in [0.2, 0.25) is 0 Å². The van der Waals surface area contributed by atoms with Gasteiger partial charge in [-0.25, -0.2) is 0 Å². The van der Waals surface area contributed by atoms with E-state index in [1.54, 1.807) is 32.4 Å². The lowest BCUT2D eigenvalue weighted by Crippen LogP contribution is -2.00. The number of Topliss-reactive ketones (excluding diaryl/α,β-unsaturated/α-hetero) is 1. The predicted molar refractivity (Wildman–Crippen MR) is 63.4 cm³/mol. The number of ketones is 1. The molecular weight excluding hydrogens is 204 g/mol. The number of rotatable bonds is 6. The number of hydrogen-bond acceptors (Lipinski definition) is 3. The van der Waals surface area contributed by atoms with Gasteiger partial charge in [-0.15, -0.1) is 0 Å². The molecule has 1 aromatic carbocycles. The molecule has 3 nitrogen and oxygen atoms in total. The van der Waals surface area contributed by atoms with Gasteiger partial charge in [-0.2, -0.15) is 0 Å². The van der Waals surface area contributed by atoms with Gasteiger partial charge >= 0.3 is 0 Å². The quantitative estimate of drug-likeness (QED) is 0.694. The highest BCUT2D eigenvalue weighted by atomic mass is 16.5. The first-order valence-corrected chi connectivity index (χ1v) is 5.48. The Bertz CT molecular complexity index is 358. The Morgan fingerprint density at radius 1 is 1.19 bits per heavy atom. The van der Waals surface area contributed by atoms with Crippen molar-refractivity contribution in [1.82, 2.24) is 0 Å². The summed E-state index contributed by atoms with van der Waals surface area (Å²) in [5.41, 5.74) is 0.686. The maximum atomic E-state index is 11.8. The van der Waals surface area contributed by atoms with Crippen LogP contribution >= 0.6 is 0 Å². The van der Waals surface area contributed by atoms with E-state index in [1.165, 1.54) is 0 Å². The summed E-state index contributed by atoms with van der Waals surface area (Å²) in [5, 5.41) is 0. The molecule has 0 bridgehead atoms. The number of unbranched alkanes of at least 4 members (excludes halogenated alkanes) is 1. The van der Waals surface area contributed by atoms with Gasteiger partial charge in [0.1, 0.15) is 0 Å². The van der Waals surface area contributed by atoms with E-state index < -0.39 is 0 Å². The van der Waals surface area contributed by atoms with Gasteiger partial charge in [0.05, 0.1) is 14.2 Å². The molecule has 0 fully saturated rings. The largest absolute Gasteiger partial charge is 0.493 e. The van der Waals surface area contributed by atoms with Crippen LogP contribution in [0.5, 0.6) is 11.5 Å². The average Bonchev–Trinajstić information content (AvgIpc) is 2.34. The van der Waals surface area contributed by atoms with Crippen LogP contribution in [0.3, 0.4) is 0 Å². The summed E-state index contributed by atoms with van der Waals surface area (Å²) in [4.78, 5) is 11.8. The molecule has 3 heteroatoms. The molecule has 0 saturated heterocycles. The van der Waals surface area contributed by atoms with Crippen LogP contribution in [0.4, 0.5) is 0 Å². The standard InChI is InChI=1S/C13H18O3/c1-4-5-6-11(14)10-7-8-12(15-2)13(9-10)16-3/h7-9H,4-6H2,1-3H3. The summed E-state index contributed by atoms with van der Waals surface area (Å²) < 4.78 is 10.3. The smallest absolute Gasteiger partial charge is 0.163 e. The molecule has 0 aromatic heterocycles. The molecule has 0 unspecified atom stereocenters. The van der Waals surface area contributed by atoms with Crippen molar-refractivity contribution in [3.63, 3.8) is 0 Å². The third-order valence-electron chi connectivity index (χ3n) is 2.46. The fourth-order valence-electron chi connectivity index (χ4n) is 1.49. The lowest BCUT2D eigenvalue weighted by atomic mass is 10.1. The molecule has 88 valence electrons. The van der Waals surface area contributed by atoms with Crippen molar-refractivity contribution >= 4 is 5.78 Å². The Hall–Kier alpha value is -1.51. The summed E-state index contributed by atoms with van der Waals surface area (Å²) in [6.45, 7) is 2.07. The maximum Gasteiger partial charge on any atom is 0.163 e. The van der Waals surface area contributed by atoms with Crippen LogP contribution in [0.1, 0.15) is 36.5 Å². The summed E-state index contributed by atoms with van der Waals surface area (Å²) in [5.74, 6) is 1.40. The first-order valence-electron chi connectivity index (χ1n) is 5.48. The first-order chi connectivity index (χ1) is 7.72. The molecule has 0 saturated carbocycles. The minimum absolute atomic E-state index is 0.155. The van der Waals surface area contributed by atoms with Crippen molar-refractivity contribution in [2.75, 3.05) is 14.2 Å². The molecule has 0 N–H and O–H groups in total. The highest BCUT2D eigenvalue weighted by Gasteiger charge is 2.09. The van der Waals surface area contributed by atoms with E-state index >= 15 is 0 Å². The number of methoxy groups -OCH3 is 2. The fourth-order valence-corrected chi connectivity index (χ4v) is 1.49. The van der Waals surface area contributed by atoms with E-state index in [4.69, 9.17) is 9.47 Å². The van der Waals surface area contributed by atoms with Gasteiger partial charge in [0, 0.05) is 12.0 Å². The Balaban J connectivity index is 2.85. The highest BCUT2D eigenvalue weighted by molar-refractivity contribution is 5.96. The normalized spacial score (nSPS) is 9.94. The molecule has 0 spiro atoms. The van der Waals surface area contributed by atoms with Crippen LogP contribution in [0.2, 0.25) is 0 Å². The summed E-state index contributed by atoms with van der Waals surface area (Å²) >= 11 is 0. The molecule has 0 atom stereocenters. The lowest BCUT2D eigenvalue weighted by molar-refractivity contribution is 0.0979. The molecule has 16 heavy (non-hydrogen) atoms. The molecule has 0 amide bonds. The first kappa shape index (κ1) is 12.6. The van der Waals surface area contributed by atoms with Crippen molar-refractivity contribution in [3.8, 4) is 11.5 Å². The third-order valence-corrected chi connectivity index (χ3v) is 2.46. The second-order valence-corrected chi connectivity index (χ2v) is 3.60. The Morgan fingerprint density at radius 2 is 1.88 bits per heavy atom. The number of carbonyl (C=O) groups is 1. The van der Waals surface area contributed by atoms with Crippen molar-refractivity contribution in [2.45, 2.75) is 26.2 Å². The van der Waals surface area contributed by atoms with Crippen LogP contribution in [0.15, 0.2) is 18.2 Å². The monoisotopic (exact) mass is 222 g/mol. The van der Waals surface area contributed by atoms with Crippen molar-refractivity contribution in [1.29, 1.82) is 0 Å². The van der Waals surface area contributed by atoms with Gasteiger partial charge < -0.3 is 9.47 Å². The lowest BCUT2D eigenvalue weighted by Gasteiger charge is -2.08. The highest BCUT2D eigenvalue weighted by Crippen LogP contribution is 2.28. The SMILES string of the molecule is CCCCC(=O)c1ccc(OC)c(OC)c1. The van der Waals surface area contributed by atoms with E-state index in [9.17, 15) is 4.79 Å². The van der Waals surface area contributed by atoms with Gasteiger partial charge in [-0.3, -0.25) is 4.79 Å². The van der Waals surface area contributed by atoms with Crippen molar-refractivity contribution < 1.29 is 14.3 Å². The zero-order valence-corrected chi connectivity index (χ0v) is 10.1. The van der Waals surface area contributed by atoms with Gasteiger partial charge in [-0.05, 0) is 24.6 Å². The summed E-state index contributed by atoms with van der Waals surface area (Å²) in [7, 11) is 3.15. The molecule has 1 rings (SSSR count). The molecule has 0 aliphatic rings. The minimum Gasteiger partial charge on any atom is -0.493 e. The summed E-state index contributed by atoms with van der Waals surface area (Å²) in [6.07, 6.45) is 2.54. The van der Waals surface area contributed by atoms with E-state index in [0.717, 1.165) is 12.8 Å². The zero-order chi connectivity index (χ0) is 12.0. The Labute approximate surface area is 96.4 Å². The molecule has 0 aliphatic carbocycles. The number of hydrogen-bond donors (Lipinski definition) is 0. The van der Waals surface area contributed by atoms with E-state index in [1.807, 2.05) is 0 Å². The van der Waals surface area contributed by atoms with Crippen LogP contribution in [-0.2, 0) is 0 Å². The van der Waals surface area contributed by atoms with Gasteiger partial charge in [-0.1, -0.05) is 13.3 Å². The second kappa shape index (κ2) is 6.16. The van der Waals surface area contributed by atoms with Crippen molar-refractivity contribution in [2.24, 2.45) is 0 Å². The fraction of sp³-hybridized carbons (Fsp3) is 0.462. The number of benzene rings is 1. The van der Waals surface area contributed by atoms with Gasteiger partial charge in [0.25, 0.3) is 0 Å². The topological polar surface area (TPSA) is 35.5 Å². The molecular formula is C13H18O3. The van der Waals surface area contributed by atoms with E-state index in [-0.39, 0.29) is 5.78 Å². The van der Waals surface area contributed by atoms with Crippen LogP contribution in [0.25, 0.3) is 0 Å². The maximum absolute atomic E-state index is 11.8. The Kier molecular flexibility index (Phi) is 4.83. The van der Waals surface area contributed by atoms with E-state index in [0.29, 0.717) is 23.5 Å². The molecule has 0 heterocycles. The number of ether oxygens (including phenoxy) is 2. The molecule has 0 aliphatic heterocycles. The van der Waals surface area contributed by atoms with Crippen molar-refractivity contribution in [3.05, 3.63) is 23.8 Å². The molecule has 1 aromatic rings. The Morgan fingerprint density at radius 3 is 2.44 bits per heavy atom. The average molecular weight is 222 g/mol. The van der Waals surface area contributed by atoms with Gasteiger partial charge in [0.15, 0.2) is 17.3 Å². The second-order valence-electron chi connectivity index (χ2n) is 3.60. The summed E-state index contributed by atoms with van der Waals surface area (Å²) in [6, 6.07) is 5.27.